The summed E-state index contributed by atoms with van der Waals surface area (Å²) in [6.07, 6.45) is 33.6. The number of carbonyl (C=O) groups is 2. The third-order valence-corrected chi connectivity index (χ3v) is 11.8. The minimum Gasteiger partial charge on any atom is -0.462 e. The number of rotatable bonds is 40. The third kappa shape index (κ3) is 37.0. The van der Waals surface area contributed by atoms with Gasteiger partial charge in [-0.05, 0) is 77.0 Å². The van der Waals surface area contributed by atoms with Crippen LogP contribution in [0.1, 0.15) is 149 Å². The van der Waals surface area contributed by atoms with Gasteiger partial charge in [-0.3, -0.25) is 23.2 Å². The van der Waals surface area contributed by atoms with Crippen molar-refractivity contribution in [1.29, 1.82) is 0 Å². The van der Waals surface area contributed by atoms with Crippen molar-refractivity contribution in [2.45, 2.75) is 185 Å². The van der Waals surface area contributed by atoms with Gasteiger partial charge in [-0.2, -0.15) is 0 Å². The van der Waals surface area contributed by atoms with Gasteiger partial charge in [0.15, 0.2) is 12.4 Å². The molecule has 0 aromatic rings. The van der Waals surface area contributed by atoms with Crippen molar-refractivity contribution in [3.63, 3.8) is 0 Å². The largest absolute Gasteiger partial charge is 0.472 e. The molecule has 1 aliphatic rings. The molecular weight excluding hydrogens is 910 g/mol. The molecule has 8 atom stereocenters. The van der Waals surface area contributed by atoms with E-state index in [1.807, 2.05) is 12.2 Å². The number of hydrogen-bond donors (Lipinski definition) is 7. The zero-order chi connectivity index (χ0) is 49.6. The lowest BCUT2D eigenvalue weighted by atomic mass is 9.87. The molecule has 0 radical (unpaired) electrons. The summed E-state index contributed by atoms with van der Waals surface area (Å²) < 4.78 is 53.5. The number of allylic oxidation sites excluding steroid dienone is 10. The molecule has 0 saturated carbocycles. The number of unbranched alkanes of at least 4 members (excludes halogenated alkanes) is 9. The summed E-state index contributed by atoms with van der Waals surface area (Å²) in [6, 6.07) is 0. The van der Waals surface area contributed by atoms with E-state index in [-0.39, 0.29) is 25.2 Å². The van der Waals surface area contributed by atoms with E-state index in [4.69, 9.17) is 28.5 Å². The van der Waals surface area contributed by atoms with Crippen LogP contribution in [0.3, 0.4) is 0 Å². The van der Waals surface area contributed by atoms with Crippen molar-refractivity contribution in [3.05, 3.63) is 72.9 Å². The van der Waals surface area contributed by atoms with Crippen LogP contribution in [-0.4, -0.2) is 110 Å². The summed E-state index contributed by atoms with van der Waals surface area (Å²) in [5.74, 6) is -1.64. The SMILES string of the molecule is CCCCC/C=C\C/C=C\C/C=C\C/C=C\CCCCCC(=O)OC[C@H](COP(=O)(O)OC[C@@H](O)COP(=O)(O)O)OC(=O)CCC/C=C\C[C@H]1[C@@H](O)CC(O)O[C@@H]1/C=C/[C@@H](O)CCCCC. The molecule has 1 aliphatic heterocycles. The molecule has 1 fully saturated rings. The van der Waals surface area contributed by atoms with Gasteiger partial charge in [0.25, 0.3) is 0 Å². The van der Waals surface area contributed by atoms with Crippen LogP contribution in [0.2, 0.25) is 0 Å². The van der Waals surface area contributed by atoms with Crippen LogP contribution in [0.15, 0.2) is 72.9 Å². The zero-order valence-electron chi connectivity index (χ0n) is 39.8. The minimum absolute atomic E-state index is 0.0510. The lowest BCUT2D eigenvalue weighted by Crippen LogP contribution is -2.43. The van der Waals surface area contributed by atoms with E-state index in [2.05, 4.69) is 71.5 Å². The van der Waals surface area contributed by atoms with E-state index in [1.165, 1.54) is 19.3 Å². The van der Waals surface area contributed by atoms with Crippen molar-refractivity contribution in [2.24, 2.45) is 5.92 Å². The molecule has 0 aliphatic carbocycles. The Morgan fingerprint density at radius 2 is 1.21 bits per heavy atom. The summed E-state index contributed by atoms with van der Waals surface area (Å²) in [7, 11) is -9.81. The standard InChI is InChI=1S/C48H82O17P2/c1-3-5-7-8-9-10-11-12-13-14-15-16-17-18-19-20-21-22-27-31-46(52)60-38-42(39-63-67(58,59)62-37-41(50)36-61-66(55,56)57)64-47(53)32-28-24-23-26-30-43-44(51)35-48(54)65-45(43)34-33-40(49)29-25-6-4-2/h9-10,12-13,15-16,18-19,23,26,33-34,40-45,48-51,54H,3-8,11,14,17,20-22,24-25,27-32,35-39H2,1-2H3,(H,58,59)(H2,55,56,57)/b10-9-,13-12-,16-15-,19-18-,26-23-,34-33+/t40-,41-,42+,43-,44-,45+,48?/m0/s1. The number of esters is 2. The van der Waals surface area contributed by atoms with Gasteiger partial charge in [0.2, 0.25) is 0 Å². The fourth-order valence-electron chi connectivity index (χ4n) is 6.60. The maximum Gasteiger partial charge on any atom is 0.472 e. The van der Waals surface area contributed by atoms with Gasteiger partial charge in [-0.15, -0.1) is 0 Å². The molecule has 0 spiro atoms. The highest BCUT2D eigenvalue weighted by molar-refractivity contribution is 7.47. The van der Waals surface area contributed by atoms with E-state index in [0.717, 1.165) is 64.2 Å². The van der Waals surface area contributed by atoms with Crippen molar-refractivity contribution in [2.75, 3.05) is 26.4 Å². The predicted octanol–water partition coefficient (Wildman–Crippen LogP) is 8.67. The van der Waals surface area contributed by atoms with E-state index < -0.39 is 90.8 Å². The number of phosphoric ester groups is 2. The Labute approximate surface area is 398 Å². The van der Waals surface area contributed by atoms with Crippen LogP contribution in [-0.2, 0) is 46.5 Å². The number of aliphatic hydroxyl groups excluding tert-OH is 4. The normalized spacial score (nSPS) is 20.7. The first kappa shape index (κ1) is 62.4. The average Bonchev–Trinajstić information content (AvgIpc) is 3.27. The van der Waals surface area contributed by atoms with Crippen LogP contribution in [0.4, 0.5) is 0 Å². The van der Waals surface area contributed by atoms with Gasteiger partial charge < -0.3 is 49.3 Å². The second-order valence-corrected chi connectivity index (χ2v) is 19.2. The van der Waals surface area contributed by atoms with Crippen molar-refractivity contribution in [1.82, 2.24) is 0 Å². The molecule has 0 aromatic heterocycles. The van der Waals surface area contributed by atoms with E-state index >= 15 is 0 Å². The van der Waals surface area contributed by atoms with Crippen LogP contribution >= 0.6 is 15.6 Å². The van der Waals surface area contributed by atoms with Crippen LogP contribution in [0, 0.1) is 5.92 Å². The van der Waals surface area contributed by atoms with Crippen molar-refractivity contribution >= 4 is 27.6 Å². The summed E-state index contributed by atoms with van der Waals surface area (Å²) in [6.45, 7) is 1.27. The molecule has 0 aromatic carbocycles. The highest BCUT2D eigenvalue weighted by Gasteiger charge is 2.35. The topological polar surface area (TPSA) is 265 Å². The summed E-state index contributed by atoms with van der Waals surface area (Å²) in [5, 5.41) is 40.8. The first-order chi connectivity index (χ1) is 32.0. The van der Waals surface area contributed by atoms with E-state index in [9.17, 15) is 44.0 Å². The van der Waals surface area contributed by atoms with Gasteiger partial charge >= 0.3 is 27.6 Å². The molecule has 1 saturated heterocycles. The fourth-order valence-corrected chi connectivity index (χ4v) is 7.76. The minimum atomic E-state index is -4.91. The van der Waals surface area contributed by atoms with Crippen LogP contribution < -0.4 is 0 Å². The van der Waals surface area contributed by atoms with Crippen LogP contribution in [0.5, 0.6) is 0 Å². The van der Waals surface area contributed by atoms with E-state index in [1.54, 1.807) is 12.2 Å². The molecule has 17 nitrogen and oxygen atoms in total. The van der Waals surface area contributed by atoms with Gasteiger partial charge in [-0.1, -0.05) is 125 Å². The highest BCUT2D eigenvalue weighted by Crippen LogP contribution is 2.44. The smallest absolute Gasteiger partial charge is 0.462 e. The highest BCUT2D eigenvalue weighted by atomic mass is 31.2. The number of aliphatic hydroxyl groups is 4. The molecule has 386 valence electrons. The van der Waals surface area contributed by atoms with Gasteiger partial charge in [0, 0.05) is 25.2 Å². The monoisotopic (exact) mass is 993 g/mol. The van der Waals surface area contributed by atoms with Crippen molar-refractivity contribution < 1.29 is 81.6 Å². The molecule has 2 unspecified atom stereocenters. The molecule has 0 amide bonds. The molecule has 1 rings (SSSR count). The first-order valence-electron chi connectivity index (χ1n) is 24.0. The van der Waals surface area contributed by atoms with E-state index in [0.29, 0.717) is 32.1 Å². The Kier molecular flexibility index (Phi) is 36.5. The Morgan fingerprint density at radius 1 is 0.657 bits per heavy atom. The van der Waals surface area contributed by atoms with Gasteiger partial charge in [0.1, 0.15) is 12.7 Å². The summed E-state index contributed by atoms with van der Waals surface area (Å²) in [4.78, 5) is 53.1. The fraction of sp³-hybridized carbons (Fsp3) is 0.708. The molecule has 7 N–H and O–H groups in total. The molecular formula is C48H82O17P2. The maximum atomic E-state index is 12.8. The number of ether oxygens (including phenoxy) is 3. The van der Waals surface area contributed by atoms with Crippen molar-refractivity contribution in [3.8, 4) is 0 Å². The number of carbonyl (C=O) groups excluding carboxylic acids is 2. The Balaban J connectivity index is 2.59. The quantitative estimate of drug-likeness (QED) is 0.0131. The zero-order valence-corrected chi connectivity index (χ0v) is 41.5. The predicted molar refractivity (Wildman–Crippen MR) is 256 cm³/mol. The van der Waals surface area contributed by atoms with Crippen LogP contribution in [0.25, 0.3) is 0 Å². The Bertz CT molecular complexity index is 1570. The maximum absolute atomic E-state index is 12.8. The van der Waals surface area contributed by atoms with Gasteiger partial charge in [0.05, 0.1) is 38.1 Å². The van der Waals surface area contributed by atoms with Gasteiger partial charge in [-0.25, -0.2) is 9.13 Å². The molecule has 19 heteroatoms. The lowest BCUT2D eigenvalue weighted by Gasteiger charge is -2.36. The third-order valence-electron chi connectivity index (χ3n) is 10.4. The number of phosphoric acid groups is 2. The number of hydrogen-bond acceptors (Lipinski definition) is 14. The second-order valence-electron chi connectivity index (χ2n) is 16.6. The first-order valence-corrected chi connectivity index (χ1v) is 27.1. The average molecular weight is 993 g/mol. The summed E-state index contributed by atoms with van der Waals surface area (Å²) in [5.41, 5.74) is 0. The molecule has 67 heavy (non-hydrogen) atoms. The lowest BCUT2D eigenvalue weighted by molar-refractivity contribution is -0.199. The Hall–Kier alpha value is -2.60. The molecule has 0 bridgehead atoms. The molecule has 1 heterocycles. The Morgan fingerprint density at radius 3 is 1.85 bits per heavy atom. The second kappa shape index (κ2) is 39.2. The summed E-state index contributed by atoms with van der Waals surface area (Å²) >= 11 is 0.